The van der Waals surface area contributed by atoms with Gasteiger partial charge in [-0.1, -0.05) is 0 Å². The van der Waals surface area contributed by atoms with Gasteiger partial charge in [0.25, 0.3) is 0 Å². The zero-order valence-electron chi connectivity index (χ0n) is 11.7. The summed E-state index contributed by atoms with van der Waals surface area (Å²) in [6, 6.07) is 19.2. The van der Waals surface area contributed by atoms with Crippen molar-refractivity contribution in [3.05, 3.63) is 71.3 Å². The third-order valence-electron chi connectivity index (χ3n) is 3.13. The minimum atomic E-state index is 0.211. The maximum absolute atomic E-state index is 3.15. The first kappa shape index (κ1) is 14.1. The van der Waals surface area contributed by atoms with Crippen LogP contribution < -0.4 is 0 Å². The van der Waals surface area contributed by atoms with E-state index in [9.17, 15) is 0 Å². The van der Waals surface area contributed by atoms with Crippen LogP contribution in [0.2, 0.25) is 0 Å². The van der Waals surface area contributed by atoms with E-state index in [0.717, 1.165) is 0 Å². The van der Waals surface area contributed by atoms with Crippen molar-refractivity contribution in [1.29, 1.82) is 0 Å². The Balaban J connectivity index is 2.24. The van der Waals surface area contributed by atoms with Crippen LogP contribution in [0.1, 0.15) is 37.5 Å². The Morgan fingerprint density at radius 2 is 1.47 bits per heavy atom. The number of benzene rings is 2. The van der Waals surface area contributed by atoms with Crippen LogP contribution in [0.4, 0.5) is 0 Å². The standard InChI is InChI=1S/C18H19Se/c1-18(2,3)16-11-9-14(10-12-16)13-17(19)15-7-5-4-6-8-15/h4-13H,1-3H3. The van der Waals surface area contributed by atoms with Gasteiger partial charge in [-0.15, -0.1) is 0 Å². The molecule has 0 N–H and O–H groups in total. The van der Waals surface area contributed by atoms with E-state index in [2.05, 4.69) is 91.4 Å². The van der Waals surface area contributed by atoms with Gasteiger partial charge in [-0.3, -0.25) is 0 Å². The molecule has 2 aromatic rings. The molecule has 1 radical (unpaired) electrons. The molecule has 0 bridgehead atoms. The molecule has 97 valence electrons. The van der Waals surface area contributed by atoms with Gasteiger partial charge in [0.2, 0.25) is 0 Å². The Labute approximate surface area is 124 Å². The zero-order chi connectivity index (χ0) is 13.9. The summed E-state index contributed by atoms with van der Waals surface area (Å²) in [5.74, 6) is 0. The summed E-state index contributed by atoms with van der Waals surface area (Å²) < 4.78 is 1.17. The van der Waals surface area contributed by atoms with Gasteiger partial charge in [0, 0.05) is 0 Å². The molecular weight excluding hydrogens is 295 g/mol. The van der Waals surface area contributed by atoms with Crippen molar-refractivity contribution in [3.8, 4) is 0 Å². The monoisotopic (exact) mass is 315 g/mol. The van der Waals surface area contributed by atoms with E-state index in [1.807, 2.05) is 6.07 Å². The van der Waals surface area contributed by atoms with Crippen molar-refractivity contribution in [3.63, 3.8) is 0 Å². The van der Waals surface area contributed by atoms with Crippen LogP contribution in [-0.2, 0) is 5.41 Å². The molecule has 2 rings (SSSR count). The van der Waals surface area contributed by atoms with E-state index < -0.39 is 0 Å². The third kappa shape index (κ3) is 3.83. The molecule has 0 atom stereocenters. The Hall–Kier alpha value is -1.30. The fourth-order valence-corrected chi connectivity index (χ4v) is 2.49. The second-order valence-electron chi connectivity index (χ2n) is 5.75. The molecule has 0 saturated carbocycles. The third-order valence-corrected chi connectivity index (χ3v) is 3.87. The second kappa shape index (κ2) is 5.77. The number of hydrogen-bond acceptors (Lipinski definition) is 0. The average molecular weight is 314 g/mol. The van der Waals surface area contributed by atoms with Crippen LogP contribution >= 0.6 is 0 Å². The topological polar surface area (TPSA) is 0 Å². The molecular formula is C18H19Se. The van der Waals surface area contributed by atoms with E-state index in [1.54, 1.807) is 0 Å². The summed E-state index contributed by atoms with van der Waals surface area (Å²) in [5, 5.41) is 0. The van der Waals surface area contributed by atoms with Crippen LogP contribution in [0.5, 0.6) is 0 Å². The van der Waals surface area contributed by atoms with Crippen molar-refractivity contribution in [1.82, 2.24) is 0 Å². The summed E-state index contributed by atoms with van der Waals surface area (Å²) in [6.07, 6.45) is 2.18. The van der Waals surface area contributed by atoms with Crippen LogP contribution in [0.15, 0.2) is 54.6 Å². The van der Waals surface area contributed by atoms with Gasteiger partial charge in [-0.05, 0) is 0 Å². The Morgan fingerprint density at radius 1 is 0.895 bits per heavy atom. The van der Waals surface area contributed by atoms with Gasteiger partial charge in [-0.2, -0.15) is 0 Å². The molecule has 1 heteroatoms. The molecule has 0 aromatic heterocycles. The Morgan fingerprint density at radius 3 is 2.00 bits per heavy atom. The zero-order valence-corrected chi connectivity index (χ0v) is 13.4. The van der Waals surface area contributed by atoms with E-state index in [0.29, 0.717) is 0 Å². The van der Waals surface area contributed by atoms with E-state index in [-0.39, 0.29) is 5.41 Å². The first-order valence-corrected chi connectivity index (χ1v) is 7.37. The predicted octanol–water partition coefficient (Wildman–Crippen LogP) is 4.65. The van der Waals surface area contributed by atoms with Crippen molar-refractivity contribution in [2.24, 2.45) is 0 Å². The average Bonchev–Trinajstić information content (AvgIpc) is 2.39. The molecule has 0 spiro atoms. The number of rotatable bonds is 2. The molecule has 0 nitrogen and oxygen atoms in total. The predicted molar refractivity (Wildman–Crippen MR) is 85.2 cm³/mol. The molecule has 19 heavy (non-hydrogen) atoms. The first-order valence-electron chi connectivity index (χ1n) is 6.51. The van der Waals surface area contributed by atoms with Crippen LogP contribution in [0.25, 0.3) is 10.5 Å². The maximum atomic E-state index is 3.15. The summed E-state index contributed by atoms with van der Waals surface area (Å²) in [5.41, 5.74) is 4.03. The fourth-order valence-electron chi connectivity index (χ4n) is 1.92. The van der Waals surface area contributed by atoms with Gasteiger partial charge in [0.1, 0.15) is 0 Å². The molecule has 0 heterocycles. The van der Waals surface area contributed by atoms with Gasteiger partial charge in [-0.25, -0.2) is 0 Å². The summed E-state index contributed by atoms with van der Waals surface area (Å²) in [6.45, 7) is 6.71. The second-order valence-corrected chi connectivity index (χ2v) is 6.67. The van der Waals surface area contributed by atoms with Crippen molar-refractivity contribution >= 4 is 26.6 Å². The molecule has 0 fully saturated rings. The minimum absolute atomic E-state index is 0.211. The SMILES string of the molecule is CC(C)(C)c1ccc(C=C([Se])c2ccccc2)cc1. The molecule has 0 aliphatic rings. The molecule has 2 aromatic carbocycles. The van der Waals surface area contributed by atoms with Crippen LogP contribution in [0.3, 0.4) is 0 Å². The van der Waals surface area contributed by atoms with Crippen molar-refractivity contribution < 1.29 is 0 Å². The van der Waals surface area contributed by atoms with E-state index in [4.69, 9.17) is 0 Å². The quantitative estimate of drug-likeness (QED) is 0.559. The summed E-state index contributed by atoms with van der Waals surface area (Å²) in [7, 11) is 0. The summed E-state index contributed by atoms with van der Waals surface area (Å²) in [4.78, 5) is 0. The Kier molecular flexibility index (Phi) is 4.29. The normalized spacial score (nSPS) is 12.5. The fraction of sp³-hybridized carbons (Fsp3) is 0.222. The van der Waals surface area contributed by atoms with E-state index >= 15 is 0 Å². The van der Waals surface area contributed by atoms with Gasteiger partial charge >= 0.3 is 124 Å². The first-order chi connectivity index (χ1) is 8.97. The van der Waals surface area contributed by atoms with Gasteiger partial charge in [0.05, 0.1) is 0 Å². The van der Waals surface area contributed by atoms with Gasteiger partial charge in [0.15, 0.2) is 0 Å². The molecule has 0 saturated heterocycles. The molecule has 0 amide bonds. The Bertz CT molecular complexity index is 557. The van der Waals surface area contributed by atoms with Crippen LogP contribution in [-0.4, -0.2) is 16.0 Å². The van der Waals surface area contributed by atoms with Gasteiger partial charge < -0.3 is 0 Å². The molecule has 0 aliphatic carbocycles. The summed E-state index contributed by atoms with van der Waals surface area (Å²) >= 11 is 3.15. The molecule has 0 aliphatic heterocycles. The van der Waals surface area contributed by atoms with Crippen molar-refractivity contribution in [2.75, 3.05) is 0 Å². The van der Waals surface area contributed by atoms with Crippen LogP contribution in [0, 0.1) is 0 Å². The van der Waals surface area contributed by atoms with E-state index in [1.165, 1.54) is 21.2 Å². The van der Waals surface area contributed by atoms with Crippen molar-refractivity contribution in [2.45, 2.75) is 26.2 Å². The number of hydrogen-bond donors (Lipinski definition) is 0. The molecule has 0 unspecified atom stereocenters.